The number of nitrogens with zero attached hydrogens (tertiary/aromatic N) is 2. The van der Waals surface area contributed by atoms with Crippen molar-refractivity contribution in [2.24, 2.45) is 5.73 Å². The van der Waals surface area contributed by atoms with E-state index in [1.165, 1.54) is 17.4 Å². The van der Waals surface area contributed by atoms with E-state index in [-0.39, 0.29) is 0 Å². The van der Waals surface area contributed by atoms with Crippen LogP contribution < -0.4 is 5.73 Å². The highest BCUT2D eigenvalue weighted by Crippen LogP contribution is 2.22. The summed E-state index contributed by atoms with van der Waals surface area (Å²) >= 11 is 1.54. The van der Waals surface area contributed by atoms with Gasteiger partial charge in [-0.25, -0.2) is 9.78 Å². The average molecular weight is 305 g/mol. The molecule has 0 aliphatic carbocycles. The fourth-order valence-electron chi connectivity index (χ4n) is 1.93. The molecule has 2 aromatic heterocycles. The van der Waals surface area contributed by atoms with Gasteiger partial charge in [0.15, 0.2) is 11.7 Å². The van der Waals surface area contributed by atoms with E-state index in [9.17, 15) is 9.59 Å². The predicted molar refractivity (Wildman–Crippen MR) is 80.1 cm³/mol. The minimum atomic E-state index is -0.682. The van der Waals surface area contributed by atoms with Crippen LogP contribution in [0, 0.1) is 13.8 Å². The van der Waals surface area contributed by atoms with Crippen LogP contribution in [0.3, 0.4) is 0 Å². The zero-order valence-electron chi connectivity index (χ0n) is 11.7. The molecule has 0 aromatic carbocycles. The third-order valence-corrected chi connectivity index (χ3v) is 3.59. The molecule has 1 amide bonds. The molecule has 0 saturated carbocycles. The van der Waals surface area contributed by atoms with Crippen LogP contribution in [0.5, 0.6) is 0 Å². The first-order valence-electron chi connectivity index (χ1n) is 6.21. The number of primary amides is 1. The number of thiazole rings is 1. The number of amides is 1. The molecule has 6 nitrogen and oxygen atoms in total. The van der Waals surface area contributed by atoms with Crippen LogP contribution in [0.4, 0.5) is 0 Å². The molecule has 0 atom stereocenters. The molecule has 0 saturated heterocycles. The van der Waals surface area contributed by atoms with E-state index < -0.39 is 18.5 Å². The summed E-state index contributed by atoms with van der Waals surface area (Å²) in [5, 5.41) is 2.78. The quantitative estimate of drug-likeness (QED) is 0.671. The maximum Gasteiger partial charge on any atom is 0.331 e. The van der Waals surface area contributed by atoms with Gasteiger partial charge in [-0.3, -0.25) is 9.36 Å². The van der Waals surface area contributed by atoms with E-state index in [4.69, 9.17) is 5.73 Å². The Bertz CT molecular complexity index is 687. The summed E-state index contributed by atoms with van der Waals surface area (Å²) in [6.45, 7) is 3.50. The second-order valence-electron chi connectivity index (χ2n) is 4.38. The summed E-state index contributed by atoms with van der Waals surface area (Å²) in [5.41, 5.74) is 7.78. The highest BCUT2D eigenvalue weighted by molar-refractivity contribution is 7.12. The minimum absolute atomic E-state index is 0.415. The number of rotatable bonds is 5. The summed E-state index contributed by atoms with van der Waals surface area (Å²) in [4.78, 5) is 26.2. The molecule has 2 heterocycles. The van der Waals surface area contributed by atoms with Crippen molar-refractivity contribution in [2.45, 2.75) is 13.8 Å². The van der Waals surface area contributed by atoms with Gasteiger partial charge in [-0.2, -0.15) is 0 Å². The normalized spacial score (nSPS) is 11.0. The van der Waals surface area contributed by atoms with Crippen molar-refractivity contribution in [1.29, 1.82) is 0 Å². The van der Waals surface area contributed by atoms with Crippen molar-refractivity contribution in [1.82, 2.24) is 9.55 Å². The zero-order chi connectivity index (χ0) is 15.4. The number of esters is 1. The van der Waals surface area contributed by atoms with Crippen molar-refractivity contribution in [2.75, 3.05) is 6.61 Å². The Morgan fingerprint density at radius 2 is 2.24 bits per heavy atom. The number of ether oxygens (including phenoxy) is 1. The lowest BCUT2D eigenvalue weighted by Crippen LogP contribution is -2.19. The van der Waals surface area contributed by atoms with Crippen LogP contribution in [0.1, 0.15) is 17.0 Å². The average Bonchev–Trinajstić information content (AvgIpc) is 3.02. The molecule has 0 bridgehead atoms. The van der Waals surface area contributed by atoms with Crippen LogP contribution in [-0.4, -0.2) is 28.0 Å². The van der Waals surface area contributed by atoms with E-state index >= 15 is 0 Å². The number of aromatic nitrogens is 2. The summed E-state index contributed by atoms with van der Waals surface area (Å²) in [6.07, 6.45) is 4.67. The van der Waals surface area contributed by atoms with Gasteiger partial charge < -0.3 is 10.5 Å². The third-order valence-electron chi connectivity index (χ3n) is 2.84. The molecule has 0 aliphatic heterocycles. The van der Waals surface area contributed by atoms with E-state index in [2.05, 4.69) is 9.72 Å². The van der Waals surface area contributed by atoms with Gasteiger partial charge in [0.2, 0.25) is 0 Å². The van der Waals surface area contributed by atoms with Gasteiger partial charge in [-0.1, -0.05) is 0 Å². The van der Waals surface area contributed by atoms with Gasteiger partial charge >= 0.3 is 5.97 Å². The van der Waals surface area contributed by atoms with Crippen LogP contribution in [0.25, 0.3) is 11.2 Å². The second-order valence-corrected chi connectivity index (χ2v) is 5.26. The maximum atomic E-state index is 11.4. The molecule has 0 radical (unpaired) electrons. The van der Waals surface area contributed by atoms with Crippen molar-refractivity contribution in [3.8, 4) is 5.13 Å². The van der Waals surface area contributed by atoms with E-state index in [0.717, 1.165) is 22.1 Å². The lowest BCUT2D eigenvalue weighted by molar-refractivity contribution is -0.142. The summed E-state index contributed by atoms with van der Waals surface area (Å²) < 4.78 is 6.67. The molecule has 0 fully saturated rings. The fourth-order valence-corrected chi connectivity index (χ4v) is 2.68. The van der Waals surface area contributed by atoms with Crippen LogP contribution >= 0.6 is 11.3 Å². The molecular formula is C14H15N3O3S. The van der Waals surface area contributed by atoms with Gasteiger partial charge in [0, 0.05) is 29.0 Å². The molecule has 2 rings (SSSR count). The molecule has 21 heavy (non-hydrogen) atoms. The highest BCUT2D eigenvalue weighted by Gasteiger charge is 2.11. The molecule has 0 spiro atoms. The van der Waals surface area contributed by atoms with Crippen molar-refractivity contribution in [3.05, 3.63) is 40.7 Å². The first kappa shape index (κ1) is 15.0. The zero-order valence-corrected chi connectivity index (χ0v) is 12.5. The Hall–Kier alpha value is -2.41. The summed E-state index contributed by atoms with van der Waals surface area (Å²) in [7, 11) is 0. The number of hydrogen-bond donors (Lipinski definition) is 1. The number of aryl methyl sites for hydroxylation is 1. The van der Waals surface area contributed by atoms with E-state index in [1.807, 2.05) is 29.9 Å². The lowest BCUT2D eigenvalue weighted by Gasteiger charge is -2.04. The molecule has 7 heteroatoms. The number of hydrogen-bond acceptors (Lipinski definition) is 5. The van der Waals surface area contributed by atoms with Gasteiger partial charge in [-0.15, -0.1) is 11.3 Å². The Balaban J connectivity index is 2.17. The van der Waals surface area contributed by atoms with Crippen molar-refractivity contribution < 1.29 is 14.3 Å². The first-order valence-corrected chi connectivity index (χ1v) is 7.09. The van der Waals surface area contributed by atoms with Gasteiger partial charge in [0.1, 0.15) is 0 Å². The first-order chi connectivity index (χ1) is 9.99. The van der Waals surface area contributed by atoms with Crippen molar-refractivity contribution in [3.63, 3.8) is 0 Å². The van der Waals surface area contributed by atoms with Crippen LogP contribution in [-0.2, 0) is 14.3 Å². The van der Waals surface area contributed by atoms with Gasteiger partial charge in [0.25, 0.3) is 5.91 Å². The van der Waals surface area contributed by atoms with Crippen LogP contribution in [0.15, 0.2) is 23.7 Å². The predicted octanol–water partition coefficient (Wildman–Crippen LogP) is 1.59. The van der Waals surface area contributed by atoms with Gasteiger partial charge in [0.05, 0.1) is 0 Å². The fraction of sp³-hybridized carbons (Fsp3) is 0.214. The second kappa shape index (κ2) is 6.36. The Kier molecular flexibility index (Phi) is 4.54. The summed E-state index contributed by atoms with van der Waals surface area (Å²) in [6, 6.07) is 1.95. The Morgan fingerprint density at radius 1 is 1.48 bits per heavy atom. The molecule has 2 aromatic rings. The molecule has 110 valence electrons. The lowest BCUT2D eigenvalue weighted by atomic mass is 10.2. The number of carbonyl (C=O) groups excluding carboxylic acids is 2. The Morgan fingerprint density at radius 3 is 2.86 bits per heavy atom. The maximum absolute atomic E-state index is 11.4. The van der Waals surface area contributed by atoms with Crippen LogP contribution in [0.2, 0.25) is 0 Å². The number of nitrogens with two attached hydrogens (primary N) is 1. The molecule has 0 aliphatic rings. The SMILES string of the molecule is Cc1cc(/C=C/C(=O)OCC(N)=O)c(C)n1-c1nccs1. The molecule has 0 unspecified atom stereocenters. The van der Waals surface area contributed by atoms with E-state index in [1.54, 1.807) is 12.3 Å². The monoisotopic (exact) mass is 305 g/mol. The standard InChI is InChI=1S/C14H15N3O3S/c1-9-7-11(3-4-13(19)20-8-12(15)18)10(2)17(9)14-16-5-6-21-14/h3-7H,8H2,1-2H3,(H2,15,18)/b4-3+. The Labute approximate surface area is 125 Å². The molecular weight excluding hydrogens is 290 g/mol. The highest BCUT2D eigenvalue weighted by atomic mass is 32.1. The van der Waals surface area contributed by atoms with Crippen molar-refractivity contribution >= 4 is 29.3 Å². The molecule has 2 N–H and O–H groups in total. The summed E-state index contributed by atoms with van der Waals surface area (Å²) in [5.74, 6) is -1.29. The smallest absolute Gasteiger partial charge is 0.331 e. The minimum Gasteiger partial charge on any atom is -0.452 e. The number of carbonyl (C=O) groups is 2. The largest absolute Gasteiger partial charge is 0.452 e. The van der Waals surface area contributed by atoms with E-state index in [0.29, 0.717) is 0 Å². The topological polar surface area (TPSA) is 87.2 Å². The van der Waals surface area contributed by atoms with Gasteiger partial charge in [-0.05, 0) is 31.6 Å². The third kappa shape index (κ3) is 3.57.